The summed E-state index contributed by atoms with van der Waals surface area (Å²) in [6, 6.07) is 5.71. The van der Waals surface area contributed by atoms with E-state index in [2.05, 4.69) is 0 Å². The summed E-state index contributed by atoms with van der Waals surface area (Å²) in [5.41, 5.74) is 1.71. The van der Waals surface area contributed by atoms with Crippen LogP contribution in [-0.2, 0) is 9.47 Å². The molecular weight excluding hydrogens is 282 g/mol. The molecular formula is C17H23NO4. The van der Waals surface area contributed by atoms with Gasteiger partial charge in [0, 0.05) is 19.0 Å². The highest BCUT2D eigenvalue weighted by atomic mass is 16.7. The molecule has 2 saturated heterocycles. The van der Waals surface area contributed by atoms with Crippen molar-refractivity contribution in [2.24, 2.45) is 5.92 Å². The van der Waals surface area contributed by atoms with Crippen molar-refractivity contribution in [2.75, 3.05) is 33.4 Å². The Hall–Kier alpha value is -1.59. The number of piperidine rings is 1. The molecule has 0 saturated carbocycles. The van der Waals surface area contributed by atoms with Gasteiger partial charge in [-0.3, -0.25) is 4.79 Å². The first-order valence-electron chi connectivity index (χ1n) is 7.86. The molecule has 5 heteroatoms. The standard InChI is InChI=1S/C17H23NO4/c1-12-3-4-15(20-2)14(11-12)16(19)18-7-5-13(6-8-18)17-21-9-10-22-17/h3-4,11,13,17H,5-10H2,1-2H3. The molecule has 2 heterocycles. The fourth-order valence-electron chi connectivity index (χ4n) is 3.18. The summed E-state index contributed by atoms with van der Waals surface area (Å²) in [5, 5.41) is 0. The number of carbonyl (C=O) groups is 1. The van der Waals surface area contributed by atoms with E-state index in [1.807, 2.05) is 30.0 Å². The highest BCUT2D eigenvalue weighted by Gasteiger charge is 2.32. The topological polar surface area (TPSA) is 48.0 Å². The molecule has 0 bridgehead atoms. The fourth-order valence-corrected chi connectivity index (χ4v) is 3.18. The Kier molecular flexibility index (Phi) is 4.64. The minimum atomic E-state index is -0.0780. The van der Waals surface area contributed by atoms with Crippen LogP contribution in [0.1, 0.15) is 28.8 Å². The van der Waals surface area contributed by atoms with Crippen LogP contribution in [0.4, 0.5) is 0 Å². The van der Waals surface area contributed by atoms with Gasteiger partial charge >= 0.3 is 0 Å². The number of aryl methyl sites for hydroxylation is 1. The lowest BCUT2D eigenvalue weighted by Gasteiger charge is -2.34. The maximum atomic E-state index is 12.7. The smallest absolute Gasteiger partial charge is 0.257 e. The van der Waals surface area contributed by atoms with Crippen LogP contribution < -0.4 is 4.74 Å². The number of methoxy groups -OCH3 is 1. The van der Waals surface area contributed by atoms with Crippen molar-refractivity contribution in [1.29, 1.82) is 0 Å². The molecule has 0 N–H and O–H groups in total. The summed E-state index contributed by atoms with van der Waals surface area (Å²) in [5.74, 6) is 1.08. The number of ether oxygens (including phenoxy) is 3. The predicted octanol–water partition coefficient (Wildman–Crippen LogP) is 2.23. The number of rotatable bonds is 3. The third kappa shape index (κ3) is 3.10. The number of nitrogens with zero attached hydrogens (tertiary/aromatic N) is 1. The molecule has 120 valence electrons. The van der Waals surface area contributed by atoms with E-state index in [-0.39, 0.29) is 12.2 Å². The highest BCUT2D eigenvalue weighted by molar-refractivity contribution is 5.97. The number of hydrogen-bond acceptors (Lipinski definition) is 4. The number of hydrogen-bond donors (Lipinski definition) is 0. The van der Waals surface area contributed by atoms with Gasteiger partial charge in [-0.2, -0.15) is 0 Å². The van der Waals surface area contributed by atoms with Crippen LogP contribution in [0.5, 0.6) is 5.75 Å². The van der Waals surface area contributed by atoms with Crippen LogP contribution in [0, 0.1) is 12.8 Å². The number of amides is 1. The summed E-state index contributed by atoms with van der Waals surface area (Å²) in [6.07, 6.45) is 1.76. The molecule has 0 radical (unpaired) electrons. The first kappa shape index (κ1) is 15.3. The maximum Gasteiger partial charge on any atom is 0.257 e. The molecule has 1 aromatic carbocycles. The van der Waals surface area contributed by atoms with E-state index in [0.29, 0.717) is 30.4 Å². The minimum Gasteiger partial charge on any atom is -0.496 e. The van der Waals surface area contributed by atoms with Crippen LogP contribution >= 0.6 is 0 Å². The van der Waals surface area contributed by atoms with Gasteiger partial charge in [-0.1, -0.05) is 11.6 Å². The Morgan fingerprint density at radius 3 is 2.55 bits per heavy atom. The molecule has 22 heavy (non-hydrogen) atoms. The monoisotopic (exact) mass is 305 g/mol. The Bertz CT molecular complexity index is 531. The van der Waals surface area contributed by atoms with E-state index in [0.717, 1.165) is 31.5 Å². The molecule has 0 aromatic heterocycles. The van der Waals surface area contributed by atoms with E-state index in [9.17, 15) is 4.79 Å². The Labute approximate surface area is 131 Å². The third-order valence-electron chi connectivity index (χ3n) is 4.44. The maximum absolute atomic E-state index is 12.7. The van der Waals surface area contributed by atoms with Crippen LogP contribution in [-0.4, -0.2) is 50.5 Å². The van der Waals surface area contributed by atoms with Gasteiger partial charge in [-0.15, -0.1) is 0 Å². The Morgan fingerprint density at radius 1 is 1.23 bits per heavy atom. The number of benzene rings is 1. The van der Waals surface area contributed by atoms with Gasteiger partial charge in [0.25, 0.3) is 5.91 Å². The second-order valence-corrected chi connectivity index (χ2v) is 5.94. The zero-order valence-corrected chi connectivity index (χ0v) is 13.2. The summed E-state index contributed by atoms with van der Waals surface area (Å²) < 4.78 is 16.5. The lowest BCUT2D eigenvalue weighted by atomic mass is 9.95. The predicted molar refractivity (Wildman–Crippen MR) is 82.1 cm³/mol. The molecule has 1 amide bonds. The summed E-state index contributed by atoms with van der Waals surface area (Å²) in [4.78, 5) is 14.6. The number of likely N-dealkylation sites (tertiary alicyclic amines) is 1. The first-order chi connectivity index (χ1) is 10.7. The molecule has 3 rings (SSSR count). The van der Waals surface area contributed by atoms with Crippen molar-refractivity contribution in [2.45, 2.75) is 26.1 Å². The average molecular weight is 305 g/mol. The molecule has 1 aromatic rings. The van der Waals surface area contributed by atoms with Crippen molar-refractivity contribution in [1.82, 2.24) is 4.90 Å². The lowest BCUT2D eigenvalue weighted by molar-refractivity contribution is -0.0956. The van der Waals surface area contributed by atoms with Crippen LogP contribution in [0.2, 0.25) is 0 Å². The molecule has 0 atom stereocenters. The van der Waals surface area contributed by atoms with Crippen LogP contribution in [0.3, 0.4) is 0 Å². The van der Waals surface area contributed by atoms with E-state index < -0.39 is 0 Å². The molecule has 5 nitrogen and oxygen atoms in total. The van der Waals surface area contributed by atoms with Gasteiger partial charge in [0.2, 0.25) is 0 Å². The van der Waals surface area contributed by atoms with Crippen LogP contribution in [0.15, 0.2) is 18.2 Å². The normalized spacial score (nSPS) is 20.4. The molecule has 2 aliphatic rings. The van der Waals surface area contributed by atoms with Gasteiger partial charge in [-0.25, -0.2) is 0 Å². The first-order valence-corrected chi connectivity index (χ1v) is 7.86. The zero-order valence-electron chi connectivity index (χ0n) is 13.2. The Balaban J connectivity index is 1.65. The minimum absolute atomic E-state index is 0.0484. The second-order valence-electron chi connectivity index (χ2n) is 5.94. The lowest BCUT2D eigenvalue weighted by Crippen LogP contribution is -2.41. The summed E-state index contributed by atoms with van der Waals surface area (Å²) >= 11 is 0. The van der Waals surface area contributed by atoms with E-state index in [1.54, 1.807) is 7.11 Å². The summed E-state index contributed by atoms with van der Waals surface area (Å²) in [7, 11) is 1.60. The third-order valence-corrected chi connectivity index (χ3v) is 4.44. The zero-order chi connectivity index (χ0) is 15.5. The highest BCUT2D eigenvalue weighted by Crippen LogP contribution is 2.28. The van der Waals surface area contributed by atoms with Crippen LogP contribution in [0.25, 0.3) is 0 Å². The molecule has 2 aliphatic heterocycles. The van der Waals surface area contributed by atoms with Crippen molar-refractivity contribution in [3.05, 3.63) is 29.3 Å². The average Bonchev–Trinajstić information content (AvgIpc) is 3.09. The Morgan fingerprint density at radius 2 is 1.91 bits per heavy atom. The van der Waals surface area contributed by atoms with E-state index in [1.165, 1.54) is 0 Å². The molecule has 0 spiro atoms. The van der Waals surface area contributed by atoms with Crippen molar-refractivity contribution in [3.8, 4) is 5.75 Å². The van der Waals surface area contributed by atoms with Gasteiger partial charge in [0.05, 0.1) is 25.9 Å². The quantitative estimate of drug-likeness (QED) is 0.859. The SMILES string of the molecule is COc1ccc(C)cc1C(=O)N1CCC(C2OCCO2)CC1. The van der Waals surface area contributed by atoms with E-state index >= 15 is 0 Å². The second kappa shape index (κ2) is 6.67. The van der Waals surface area contributed by atoms with Gasteiger partial charge < -0.3 is 19.1 Å². The van der Waals surface area contributed by atoms with E-state index in [4.69, 9.17) is 14.2 Å². The largest absolute Gasteiger partial charge is 0.496 e. The fraction of sp³-hybridized carbons (Fsp3) is 0.588. The van der Waals surface area contributed by atoms with Crippen molar-refractivity contribution >= 4 is 5.91 Å². The molecule has 2 fully saturated rings. The number of carbonyl (C=O) groups excluding carboxylic acids is 1. The van der Waals surface area contributed by atoms with Gasteiger partial charge in [0.15, 0.2) is 6.29 Å². The van der Waals surface area contributed by atoms with Crippen molar-refractivity contribution < 1.29 is 19.0 Å². The van der Waals surface area contributed by atoms with Gasteiger partial charge in [0.1, 0.15) is 5.75 Å². The van der Waals surface area contributed by atoms with Gasteiger partial charge in [-0.05, 0) is 31.9 Å². The molecule has 0 unspecified atom stereocenters. The molecule has 0 aliphatic carbocycles. The van der Waals surface area contributed by atoms with Crippen molar-refractivity contribution in [3.63, 3.8) is 0 Å². The summed E-state index contributed by atoms with van der Waals surface area (Å²) in [6.45, 7) is 4.83.